The number of benzene rings is 1. The molecule has 2 aromatic rings. The third-order valence-electron chi connectivity index (χ3n) is 3.96. The highest BCUT2D eigenvalue weighted by atomic mass is 16.2. The maximum atomic E-state index is 12.3. The zero-order valence-electron chi connectivity index (χ0n) is 13.1. The molecule has 24 heavy (non-hydrogen) atoms. The molecule has 1 aromatic carbocycles. The third-order valence-corrected chi connectivity index (χ3v) is 3.96. The van der Waals surface area contributed by atoms with Gasteiger partial charge >= 0.3 is 0 Å². The van der Waals surface area contributed by atoms with Crippen molar-refractivity contribution >= 4 is 11.8 Å². The summed E-state index contributed by atoms with van der Waals surface area (Å²) in [4.78, 5) is 37.0. The largest absolute Gasteiger partial charge is 0.347 e. The molecule has 1 aromatic heterocycles. The first-order valence-electron chi connectivity index (χ1n) is 7.85. The molecule has 2 N–H and O–H groups in total. The number of carbonyl (C=O) groups is 2. The Morgan fingerprint density at radius 1 is 1.08 bits per heavy atom. The molecule has 7 nitrogen and oxygen atoms in total. The van der Waals surface area contributed by atoms with Gasteiger partial charge in [-0.3, -0.25) is 14.4 Å². The quantitative estimate of drug-likeness (QED) is 0.874. The zero-order valence-corrected chi connectivity index (χ0v) is 13.1. The van der Waals surface area contributed by atoms with Crippen molar-refractivity contribution in [1.29, 1.82) is 0 Å². The molecule has 1 aliphatic heterocycles. The minimum atomic E-state index is -0.372. The van der Waals surface area contributed by atoms with Gasteiger partial charge in [-0.2, -0.15) is 5.10 Å². The van der Waals surface area contributed by atoms with Gasteiger partial charge in [0.1, 0.15) is 5.69 Å². The summed E-state index contributed by atoms with van der Waals surface area (Å²) in [6.45, 7) is 1.96. The van der Waals surface area contributed by atoms with E-state index in [4.69, 9.17) is 0 Å². The molecule has 7 heteroatoms. The predicted molar refractivity (Wildman–Crippen MR) is 87.6 cm³/mol. The third kappa shape index (κ3) is 3.68. The fraction of sp³-hybridized carbons (Fsp3) is 0.294. The molecule has 2 heterocycles. The van der Waals surface area contributed by atoms with E-state index in [2.05, 4.69) is 15.5 Å². The first-order valence-corrected chi connectivity index (χ1v) is 7.85. The van der Waals surface area contributed by atoms with Crippen LogP contribution in [-0.4, -0.2) is 40.0 Å². The lowest BCUT2D eigenvalue weighted by atomic mass is 10.1. The van der Waals surface area contributed by atoms with Crippen molar-refractivity contribution in [2.24, 2.45) is 0 Å². The van der Waals surface area contributed by atoms with Gasteiger partial charge in [0.15, 0.2) is 0 Å². The van der Waals surface area contributed by atoms with Crippen LogP contribution in [0.4, 0.5) is 0 Å². The maximum absolute atomic E-state index is 12.3. The summed E-state index contributed by atoms with van der Waals surface area (Å²) in [7, 11) is 0. The van der Waals surface area contributed by atoms with Gasteiger partial charge in [0.25, 0.3) is 17.4 Å². The molecule has 124 valence electrons. The average molecular weight is 326 g/mol. The van der Waals surface area contributed by atoms with Crippen LogP contribution in [0.5, 0.6) is 0 Å². The second-order valence-electron chi connectivity index (χ2n) is 5.69. The molecule has 0 atom stereocenters. The minimum Gasteiger partial charge on any atom is -0.347 e. The minimum absolute atomic E-state index is 0.0560. The van der Waals surface area contributed by atoms with Gasteiger partial charge in [-0.15, -0.1) is 0 Å². The fourth-order valence-corrected chi connectivity index (χ4v) is 2.61. The summed E-state index contributed by atoms with van der Waals surface area (Å²) in [6.07, 6.45) is 2.13. The van der Waals surface area contributed by atoms with Gasteiger partial charge in [0, 0.05) is 31.3 Å². The van der Waals surface area contributed by atoms with Crippen LogP contribution < -0.4 is 10.9 Å². The Labute approximate surface area is 138 Å². The normalized spacial score (nSPS) is 13.8. The number of hydrogen-bond donors (Lipinski definition) is 2. The van der Waals surface area contributed by atoms with Crippen LogP contribution in [0, 0.1) is 0 Å². The summed E-state index contributed by atoms with van der Waals surface area (Å²) in [5, 5.41) is 8.61. The highest BCUT2D eigenvalue weighted by Crippen LogP contribution is 2.13. The number of H-pyrrole nitrogens is 1. The summed E-state index contributed by atoms with van der Waals surface area (Å²) in [5.74, 6) is -0.316. The van der Waals surface area contributed by atoms with Gasteiger partial charge in [0.05, 0.1) is 0 Å². The number of aromatic nitrogens is 2. The Morgan fingerprint density at radius 2 is 1.79 bits per heavy atom. The standard InChI is InChI=1S/C17H18N4O3/c22-15-8-7-14(19-20-15)16(23)18-11-12-3-5-13(6-4-12)17(24)21-9-1-2-10-21/h3-8H,1-2,9-11H2,(H,18,23)(H,20,22). The van der Waals surface area contributed by atoms with E-state index in [1.165, 1.54) is 12.1 Å². The van der Waals surface area contributed by atoms with Gasteiger partial charge in [-0.05, 0) is 36.6 Å². The molecular formula is C17H18N4O3. The van der Waals surface area contributed by atoms with Crippen molar-refractivity contribution < 1.29 is 9.59 Å². The summed E-state index contributed by atoms with van der Waals surface area (Å²) in [5.41, 5.74) is 1.33. The number of rotatable bonds is 4. The molecule has 0 saturated carbocycles. The number of hydrogen-bond acceptors (Lipinski definition) is 4. The molecule has 0 unspecified atom stereocenters. The molecule has 0 bridgehead atoms. The predicted octanol–water partition coefficient (Wildman–Crippen LogP) is 0.936. The Bertz CT molecular complexity index is 772. The molecule has 2 amide bonds. The molecule has 1 fully saturated rings. The number of likely N-dealkylation sites (tertiary alicyclic amines) is 1. The Balaban J connectivity index is 1.58. The Hall–Kier alpha value is -2.96. The molecule has 1 saturated heterocycles. The van der Waals surface area contributed by atoms with E-state index in [0.717, 1.165) is 31.5 Å². The van der Waals surface area contributed by atoms with Crippen molar-refractivity contribution in [2.45, 2.75) is 19.4 Å². The number of carbonyl (C=O) groups excluding carboxylic acids is 2. The van der Waals surface area contributed by atoms with Crippen LogP contribution in [0.15, 0.2) is 41.2 Å². The van der Waals surface area contributed by atoms with E-state index in [0.29, 0.717) is 12.1 Å². The summed E-state index contributed by atoms with van der Waals surface area (Å²) < 4.78 is 0. The highest BCUT2D eigenvalue weighted by molar-refractivity contribution is 5.94. The van der Waals surface area contributed by atoms with Crippen LogP contribution in [0.2, 0.25) is 0 Å². The molecular weight excluding hydrogens is 308 g/mol. The van der Waals surface area contributed by atoms with Crippen LogP contribution in [0.25, 0.3) is 0 Å². The Morgan fingerprint density at radius 3 is 2.42 bits per heavy atom. The highest BCUT2D eigenvalue weighted by Gasteiger charge is 2.19. The first kappa shape index (κ1) is 15.9. The molecule has 3 rings (SSSR count). The lowest BCUT2D eigenvalue weighted by Gasteiger charge is -2.15. The van der Waals surface area contributed by atoms with Crippen molar-refractivity contribution in [2.75, 3.05) is 13.1 Å². The van der Waals surface area contributed by atoms with Crippen LogP contribution in [0.3, 0.4) is 0 Å². The lowest BCUT2D eigenvalue weighted by Crippen LogP contribution is -2.27. The smallest absolute Gasteiger partial charge is 0.271 e. The maximum Gasteiger partial charge on any atom is 0.271 e. The molecule has 0 aliphatic carbocycles. The van der Waals surface area contributed by atoms with Crippen molar-refractivity contribution in [3.8, 4) is 0 Å². The van der Waals surface area contributed by atoms with Gasteiger partial charge in [-0.25, -0.2) is 5.10 Å². The van der Waals surface area contributed by atoms with Crippen molar-refractivity contribution in [3.05, 3.63) is 63.6 Å². The number of nitrogens with zero attached hydrogens (tertiary/aromatic N) is 2. The monoisotopic (exact) mass is 326 g/mol. The first-order chi connectivity index (χ1) is 11.6. The average Bonchev–Trinajstić information content (AvgIpc) is 3.15. The van der Waals surface area contributed by atoms with E-state index in [1.54, 1.807) is 12.1 Å². The van der Waals surface area contributed by atoms with Gasteiger partial charge < -0.3 is 10.2 Å². The summed E-state index contributed by atoms with van der Waals surface area (Å²) in [6, 6.07) is 9.82. The molecule has 0 spiro atoms. The second kappa shape index (κ2) is 7.08. The van der Waals surface area contributed by atoms with E-state index in [-0.39, 0.29) is 23.1 Å². The van der Waals surface area contributed by atoms with Crippen molar-refractivity contribution in [1.82, 2.24) is 20.4 Å². The van der Waals surface area contributed by atoms with E-state index in [1.807, 2.05) is 17.0 Å². The SMILES string of the molecule is O=C(NCc1ccc(C(=O)N2CCCC2)cc1)c1ccc(=O)[nH]n1. The van der Waals surface area contributed by atoms with Crippen LogP contribution in [0.1, 0.15) is 39.3 Å². The van der Waals surface area contributed by atoms with Crippen LogP contribution in [-0.2, 0) is 6.54 Å². The number of aromatic amines is 1. The topological polar surface area (TPSA) is 95.2 Å². The van der Waals surface area contributed by atoms with Gasteiger partial charge in [-0.1, -0.05) is 12.1 Å². The lowest BCUT2D eigenvalue weighted by molar-refractivity contribution is 0.0792. The Kier molecular flexibility index (Phi) is 4.69. The molecule has 1 aliphatic rings. The van der Waals surface area contributed by atoms with E-state index >= 15 is 0 Å². The zero-order chi connectivity index (χ0) is 16.9. The van der Waals surface area contributed by atoms with Crippen molar-refractivity contribution in [3.63, 3.8) is 0 Å². The number of nitrogens with one attached hydrogen (secondary N) is 2. The number of amides is 2. The van der Waals surface area contributed by atoms with Crippen LogP contribution >= 0.6 is 0 Å². The summed E-state index contributed by atoms with van der Waals surface area (Å²) >= 11 is 0. The van der Waals surface area contributed by atoms with E-state index in [9.17, 15) is 14.4 Å². The van der Waals surface area contributed by atoms with E-state index < -0.39 is 0 Å². The fourth-order valence-electron chi connectivity index (χ4n) is 2.61. The van der Waals surface area contributed by atoms with Gasteiger partial charge in [0.2, 0.25) is 0 Å². The second-order valence-corrected chi connectivity index (χ2v) is 5.69. The molecule has 0 radical (unpaired) electrons.